The molecule has 0 amide bonds. The molecule has 1 aromatic rings. The van der Waals surface area contributed by atoms with E-state index < -0.39 is 17.0 Å². The third-order valence-corrected chi connectivity index (χ3v) is 1.46. The summed E-state index contributed by atoms with van der Waals surface area (Å²) in [6.45, 7) is 2.07. The number of aryl methyl sites for hydroxylation is 1. The normalized spacial score (nSPS) is 12.8. The van der Waals surface area contributed by atoms with E-state index in [1.807, 2.05) is 0 Å². The lowest BCUT2D eigenvalue weighted by Gasteiger charge is -1.99. The summed E-state index contributed by atoms with van der Waals surface area (Å²) in [4.78, 5) is 13.0. The van der Waals surface area contributed by atoms with Crippen molar-refractivity contribution >= 4 is 5.95 Å². The molecule has 7 nitrogen and oxygen atoms in total. The van der Waals surface area contributed by atoms with Crippen LogP contribution in [0.3, 0.4) is 0 Å². The van der Waals surface area contributed by atoms with Crippen LogP contribution >= 0.6 is 0 Å². The Kier molecular flexibility index (Phi) is 2.91. The molecule has 0 fully saturated rings. The van der Waals surface area contributed by atoms with Crippen LogP contribution in [-0.2, 0) is 6.54 Å². The predicted molar refractivity (Wildman–Crippen MR) is 43.0 cm³/mol. The number of nitrogens with zero attached hydrogens (tertiary/aromatic N) is 4. The molecule has 0 aliphatic rings. The van der Waals surface area contributed by atoms with Crippen LogP contribution in [0.25, 0.3) is 0 Å². The van der Waals surface area contributed by atoms with Gasteiger partial charge < -0.3 is 15.2 Å². The minimum atomic E-state index is -0.654. The molecule has 1 unspecified atom stereocenters. The SMILES string of the molecule is CC(O)CCn1cnc([N+](=O)[O-])n1. The zero-order valence-electron chi connectivity index (χ0n) is 7.12. The molecule has 1 N–H and O–H groups in total. The minimum absolute atomic E-state index is 0.411. The minimum Gasteiger partial charge on any atom is -0.393 e. The second kappa shape index (κ2) is 3.94. The van der Waals surface area contributed by atoms with Gasteiger partial charge in [0.05, 0.1) is 12.6 Å². The molecule has 1 atom stereocenters. The highest BCUT2D eigenvalue weighted by Gasteiger charge is 2.12. The average molecular weight is 186 g/mol. The van der Waals surface area contributed by atoms with E-state index in [2.05, 4.69) is 10.1 Å². The number of nitro groups is 1. The number of aliphatic hydroxyl groups excluding tert-OH is 1. The van der Waals surface area contributed by atoms with Crippen molar-refractivity contribution in [2.75, 3.05) is 0 Å². The molecule has 0 aliphatic heterocycles. The molecule has 0 bridgehead atoms. The first-order valence-corrected chi connectivity index (χ1v) is 3.81. The fourth-order valence-electron chi connectivity index (χ4n) is 0.795. The van der Waals surface area contributed by atoms with Gasteiger partial charge in [0, 0.05) is 5.10 Å². The van der Waals surface area contributed by atoms with Crippen LogP contribution in [0.4, 0.5) is 5.95 Å². The van der Waals surface area contributed by atoms with Crippen molar-refractivity contribution in [3.8, 4) is 0 Å². The molecule has 13 heavy (non-hydrogen) atoms. The van der Waals surface area contributed by atoms with Gasteiger partial charge in [0.15, 0.2) is 0 Å². The van der Waals surface area contributed by atoms with Gasteiger partial charge in [-0.3, -0.25) is 0 Å². The molecule has 0 aromatic carbocycles. The molecule has 1 rings (SSSR count). The third-order valence-electron chi connectivity index (χ3n) is 1.46. The van der Waals surface area contributed by atoms with Crippen LogP contribution in [0, 0.1) is 10.1 Å². The zero-order valence-corrected chi connectivity index (χ0v) is 7.12. The molecule has 0 radical (unpaired) electrons. The number of hydrogen-bond acceptors (Lipinski definition) is 5. The molecule has 0 aliphatic carbocycles. The number of aliphatic hydroxyl groups is 1. The Morgan fingerprint density at radius 2 is 2.54 bits per heavy atom. The lowest BCUT2D eigenvalue weighted by molar-refractivity contribution is -0.394. The molecule has 0 spiro atoms. The second-order valence-electron chi connectivity index (χ2n) is 2.70. The first-order chi connectivity index (χ1) is 6.09. The van der Waals surface area contributed by atoms with Gasteiger partial charge in [-0.15, -0.1) is 0 Å². The van der Waals surface area contributed by atoms with Crippen molar-refractivity contribution in [3.63, 3.8) is 0 Å². The molecular formula is C6H10N4O3. The summed E-state index contributed by atoms with van der Waals surface area (Å²) in [6, 6.07) is 0. The van der Waals surface area contributed by atoms with E-state index in [4.69, 9.17) is 5.11 Å². The Morgan fingerprint density at radius 1 is 1.85 bits per heavy atom. The highest BCUT2D eigenvalue weighted by Crippen LogP contribution is 2.01. The van der Waals surface area contributed by atoms with E-state index in [9.17, 15) is 10.1 Å². The summed E-state index contributed by atoms with van der Waals surface area (Å²) in [5.41, 5.74) is 0. The highest BCUT2D eigenvalue weighted by atomic mass is 16.6. The Bertz CT molecular complexity index is 296. The van der Waals surface area contributed by atoms with E-state index in [0.717, 1.165) is 0 Å². The molecule has 1 heterocycles. The summed E-state index contributed by atoms with van der Waals surface area (Å²) in [6.07, 6.45) is 1.34. The van der Waals surface area contributed by atoms with Gasteiger partial charge in [-0.2, -0.15) is 4.68 Å². The fourth-order valence-corrected chi connectivity index (χ4v) is 0.795. The highest BCUT2D eigenvalue weighted by molar-refractivity contribution is 4.96. The first-order valence-electron chi connectivity index (χ1n) is 3.81. The van der Waals surface area contributed by atoms with Crippen LogP contribution in [0.1, 0.15) is 13.3 Å². The van der Waals surface area contributed by atoms with E-state index >= 15 is 0 Å². The summed E-state index contributed by atoms with van der Waals surface area (Å²) in [7, 11) is 0. The Hall–Kier alpha value is -1.50. The molecule has 0 saturated heterocycles. The number of hydrogen-bond donors (Lipinski definition) is 1. The largest absolute Gasteiger partial charge is 0.490 e. The molecule has 7 heteroatoms. The predicted octanol–water partition coefficient (Wildman–Crippen LogP) is -0.0428. The van der Waals surface area contributed by atoms with Crippen molar-refractivity contribution in [2.24, 2.45) is 0 Å². The van der Waals surface area contributed by atoms with E-state index in [1.165, 1.54) is 11.0 Å². The maximum Gasteiger partial charge on any atom is 0.490 e. The van der Waals surface area contributed by atoms with Crippen LogP contribution < -0.4 is 0 Å². The smallest absolute Gasteiger partial charge is 0.393 e. The number of aromatic nitrogens is 3. The van der Waals surface area contributed by atoms with Crippen LogP contribution in [0.5, 0.6) is 0 Å². The van der Waals surface area contributed by atoms with Crippen LogP contribution in [0.15, 0.2) is 6.33 Å². The van der Waals surface area contributed by atoms with Crippen LogP contribution in [-0.4, -0.2) is 30.9 Å². The zero-order chi connectivity index (χ0) is 9.84. The van der Waals surface area contributed by atoms with Crippen molar-refractivity contribution in [1.82, 2.24) is 14.8 Å². The maximum atomic E-state index is 10.2. The van der Waals surface area contributed by atoms with Crippen molar-refractivity contribution in [2.45, 2.75) is 26.0 Å². The molecule has 1 aromatic heterocycles. The maximum absolute atomic E-state index is 10.2. The lowest BCUT2D eigenvalue weighted by Crippen LogP contribution is -2.07. The monoisotopic (exact) mass is 186 g/mol. The van der Waals surface area contributed by atoms with Gasteiger partial charge in [0.2, 0.25) is 6.33 Å². The first kappa shape index (κ1) is 9.59. The average Bonchev–Trinajstić information content (AvgIpc) is 2.48. The van der Waals surface area contributed by atoms with Gasteiger partial charge in [-0.25, -0.2) is 0 Å². The Balaban J connectivity index is 2.54. The molecule has 72 valence electrons. The third kappa shape index (κ3) is 2.79. The fraction of sp³-hybridized carbons (Fsp3) is 0.667. The van der Waals surface area contributed by atoms with Crippen molar-refractivity contribution in [3.05, 3.63) is 16.4 Å². The summed E-state index contributed by atoms with van der Waals surface area (Å²) in [5, 5.41) is 22.7. The van der Waals surface area contributed by atoms with E-state index in [-0.39, 0.29) is 0 Å². The van der Waals surface area contributed by atoms with Gasteiger partial charge in [0.1, 0.15) is 0 Å². The molecule has 0 saturated carbocycles. The van der Waals surface area contributed by atoms with Crippen LogP contribution in [0.2, 0.25) is 0 Å². The standard InChI is InChI=1S/C6H10N4O3/c1-5(11)2-3-9-4-7-6(8-9)10(12)13/h4-5,11H,2-3H2,1H3. The summed E-state index contributed by atoms with van der Waals surface area (Å²) in [5.74, 6) is -0.411. The van der Waals surface area contributed by atoms with E-state index in [0.29, 0.717) is 13.0 Å². The Labute approximate surface area is 74.2 Å². The number of rotatable bonds is 4. The van der Waals surface area contributed by atoms with E-state index in [1.54, 1.807) is 6.92 Å². The van der Waals surface area contributed by atoms with Gasteiger partial charge in [-0.05, 0) is 18.3 Å². The second-order valence-corrected chi connectivity index (χ2v) is 2.70. The Morgan fingerprint density at radius 3 is 3.00 bits per heavy atom. The van der Waals surface area contributed by atoms with Crippen molar-refractivity contribution < 1.29 is 10.0 Å². The quantitative estimate of drug-likeness (QED) is 0.525. The summed E-state index contributed by atoms with van der Waals surface area (Å²) < 4.78 is 1.34. The van der Waals surface area contributed by atoms with Crippen molar-refractivity contribution in [1.29, 1.82) is 0 Å². The van der Waals surface area contributed by atoms with Gasteiger partial charge in [-0.1, -0.05) is 4.98 Å². The lowest BCUT2D eigenvalue weighted by atomic mass is 10.3. The topological polar surface area (TPSA) is 94.1 Å². The summed E-state index contributed by atoms with van der Waals surface area (Å²) >= 11 is 0. The molecular weight excluding hydrogens is 176 g/mol. The van der Waals surface area contributed by atoms with Gasteiger partial charge in [0.25, 0.3) is 0 Å². The van der Waals surface area contributed by atoms with Gasteiger partial charge >= 0.3 is 5.95 Å².